The lowest BCUT2D eigenvalue weighted by Gasteiger charge is -2.18. The van der Waals surface area contributed by atoms with Crippen molar-refractivity contribution in [2.45, 2.75) is 32.6 Å². The minimum absolute atomic E-state index is 0.0196. The molecule has 0 spiro atoms. The largest absolute Gasteiger partial charge is 0.507 e. The van der Waals surface area contributed by atoms with Crippen LogP contribution in [0.1, 0.15) is 46.5 Å². The molecule has 0 aliphatic carbocycles. The number of phenols is 1. The average Bonchev–Trinajstić information content (AvgIpc) is 2.74. The van der Waals surface area contributed by atoms with Crippen LogP contribution in [-0.2, 0) is 17.3 Å². The SMILES string of the molecule is COC(=O)c1c(/C=C/c2ccc(C(F)(F)F)cc2)cc(OCC(F)(F)F)c(CC=C(C)C)c1O. The third kappa shape index (κ3) is 7.29. The Morgan fingerprint density at radius 1 is 1.03 bits per heavy atom. The number of phenolic OH excluding ortho intramolecular Hbond substituents is 1. The zero-order valence-corrected chi connectivity index (χ0v) is 18.5. The summed E-state index contributed by atoms with van der Waals surface area (Å²) in [4.78, 5) is 12.4. The zero-order chi connectivity index (χ0) is 25.7. The number of allylic oxidation sites excluding steroid dienone is 2. The number of carbonyl (C=O) groups excluding carboxylic acids is 1. The van der Waals surface area contributed by atoms with Crippen molar-refractivity contribution in [3.05, 3.63) is 69.8 Å². The van der Waals surface area contributed by atoms with Gasteiger partial charge in [-0.3, -0.25) is 0 Å². The predicted octanol–water partition coefficient (Wildman–Crippen LogP) is 6.82. The fourth-order valence-corrected chi connectivity index (χ4v) is 2.91. The number of alkyl halides is 6. The van der Waals surface area contributed by atoms with Gasteiger partial charge in [-0.1, -0.05) is 35.9 Å². The second-order valence-electron chi connectivity index (χ2n) is 7.50. The van der Waals surface area contributed by atoms with Crippen molar-refractivity contribution in [2.75, 3.05) is 13.7 Å². The van der Waals surface area contributed by atoms with Crippen molar-refractivity contribution in [3.63, 3.8) is 0 Å². The Morgan fingerprint density at radius 3 is 2.15 bits per heavy atom. The number of rotatable bonds is 7. The monoisotopic (exact) mass is 488 g/mol. The maximum absolute atomic E-state index is 12.8. The normalized spacial score (nSPS) is 12.0. The van der Waals surface area contributed by atoms with Gasteiger partial charge in [0.2, 0.25) is 0 Å². The average molecular weight is 488 g/mol. The highest BCUT2D eigenvalue weighted by Gasteiger charge is 2.31. The number of esters is 1. The number of carbonyl (C=O) groups is 1. The highest BCUT2D eigenvalue weighted by molar-refractivity contribution is 5.98. The van der Waals surface area contributed by atoms with Crippen molar-refractivity contribution in [1.82, 2.24) is 0 Å². The van der Waals surface area contributed by atoms with Crippen LogP contribution in [0.15, 0.2) is 42.0 Å². The number of halogens is 6. The van der Waals surface area contributed by atoms with Crippen LogP contribution in [0, 0.1) is 0 Å². The standard InChI is InChI=1S/C24H22F6O4/c1-14(2)4-11-18-19(34-13-23(25,26)27)12-16(20(21(18)31)22(32)33-3)8-5-15-6-9-17(10-7-15)24(28,29)30/h4-10,12,31H,11,13H2,1-3H3/b8-5+. The molecule has 0 bridgehead atoms. The van der Waals surface area contributed by atoms with Crippen molar-refractivity contribution in [2.24, 2.45) is 0 Å². The summed E-state index contributed by atoms with van der Waals surface area (Å²) in [5, 5.41) is 10.8. The van der Waals surface area contributed by atoms with E-state index in [9.17, 15) is 36.2 Å². The molecule has 0 aromatic heterocycles. The van der Waals surface area contributed by atoms with Gasteiger partial charge in [0, 0.05) is 5.56 Å². The quantitative estimate of drug-likeness (QED) is 0.201. The summed E-state index contributed by atoms with van der Waals surface area (Å²) in [6.45, 7) is 1.86. The van der Waals surface area contributed by atoms with Gasteiger partial charge in [-0.05, 0) is 49.6 Å². The molecule has 2 rings (SSSR count). The summed E-state index contributed by atoms with van der Waals surface area (Å²) >= 11 is 0. The number of benzene rings is 2. The highest BCUT2D eigenvalue weighted by atomic mass is 19.4. The van der Waals surface area contributed by atoms with Gasteiger partial charge in [0.15, 0.2) is 6.61 Å². The summed E-state index contributed by atoms with van der Waals surface area (Å²) in [6, 6.07) is 5.23. The maximum atomic E-state index is 12.8. The van der Waals surface area contributed by atoms with Gasteiger partial charge >= 0.3 is 18.3 Å². The summed E-state index contributed by atoms with van der Waals surface area (Å²) in [6.07, 6.45) is -4.95. The molecule has 0 aliphatic rings. The lowest BCUT2D eigenvalue weighted by atomic mass is 9.97. The van der Waals surface area contributed by atoms with Crippen LogP contribution in [0.4, 0.5) is 26.3 Å². The van der Waals surface area contributed by atoms with Gasteiger partial charge < -0.3 is 14.6 Å². The first-order chi connectivity index (χ1) is 15.7. The number of aromatic hydroxyl groups is 1. The molecule has 0 fully saturated rings. The molecule has 0 amide bonds. The van der Waals surface area contributed by atoms with Crippen molar-refractivity contribution < 1.29 is 45.7 Å². The Labute approximate surface area is 192 Å². The van der Waals surface area contributed by atoms with E-state index in [1.165, 1.54) is 24.3 Å². The Kier molecular flexibility index (Phi) is 8.41. The molecule has 1 N–H and O–H groups in total. The van der Waals surface area contributed by atoms with Crippen molar-refractivity contribution in [1.29, 1.82) is 0 Å². The van der Waals surface area contributed by atoms with E-state index in [-0.39, 0.29) is 28.9 Å². The molecule has 2 aromatic carbocycles. The molecule has 4 nitrogen and oxygen atoms in total. The molecule has 0 radical (unpaired) electrons. The molecule has 10 heteroatoms. The lowest BCUT2D eigenvalue weighted by Crippen LogP contribution is -2.20. The van der Waals surface area contributed by atoms with E-state index < -0.39 is 36.2 Å². The minimum Gasteiger partial charge on any atom is -0.507 e. The molecular formula is C24H22F6O4. The van der Waals surface area contributed by atoms with E-state index in [0.717, 1.165) is 30.9 Å². The van der Waals surface area contributed by atoms with Crippen LogP contribution in [0.25, 0.3) is 12.2 Å². The Balaban J connectivity index is 2.59. The van der Waals surface area contributed by atoms with Crippen LogP contribution in [-0.4, -0.2) is 31.0 Å². The second-order valence-corrected chi connectivity index (χ2v) is 7.50. The van der Waals surface area contributed by atoms with Gasteiger partial charge in [0.25, 0.3) is 0 Å². The number of hydrogen-bond acceptors (Lipinski definition) is 4. The highest BCUT2D eigenvalue weighted by Crippen LogP contribution is 2.37. The molecule has 0 saturated heterocycles. The molecule has 34 heavy (non-hydrogen) atoms. The molecule has 184 valence electrons. The van der Waals surface area contributed by atoms with E-state index in [2.05, 4.69) is 0 Å². The van der Waals surface area contributed by atoms with Gasteiger partial charge in [0.1, 0.15) is 17.1 Å². The Bertz CT molecular complexity index is 1080. The summed E-state index contributed by atoms with van der Waals surface area (Å²) < 4.78 is 86.2. The number of ether oxygens (including phenoxy) is 2. The van der Waals surface area contributed by atoms with Crippen LogP contribution >= 0.6 is 0 Å². The lowest BCUT2D eigenvalue weighted by molar-refractivity contribution is -0.153. The number of methoxy groups -OCH3 is 1. The van der Waals surface area contributed by atoms with E-state index in [1.807, 2.05) is 0 Å². The number of hydrogen-bond donors (Lipinski definition) is 1. The van der Waals surface area contributed by atoms with Crippen LogP contribution in [0.3, 0.4) is 0 Å². The van der Waals surface area contributed by atoms with Crippen LogP contribution in [0.2, 0.25) is 0 Å². The van der Waals surface area contributed by atoms with Gasteiger partial charge in [0.05, 0.1) is 12.7 Å². The molecule has 0 heterocycles. The minimum atomic E-state index is -4.65. The summed E-state index contributed by atoms with van der Waals surface area (Å²) in [7, 11) is 1.06. The molecule has 2 aromatic rings. The first kappa shape index (κ1) is 26.8. The first-order valence-corrected chi connectivity index (χ1v) is 9.88. The van der Waals surface area contributed by atoms with E-state index >= 15 is 0 Å². The summed E-state index contributed by atoms with van der Waals surface area (Å²) in [5.74, 6) is -1.87. The predicted molar refractivity (Wildman–Crippen MR) is 115 cm³/mol. The Morgan fingerprint density at radius 2 is 1.65 bits per heavy atom. The molecule has 0 atom stereocenters. The third-order valence-electron chi connectivity index (χ3n) is 4.58. The smallest absolute Gasteiger partial charge is 0.422 e. The van der Waals surface area contributed by atoms with Crippen LogP contribution < -0.4 is 4.74 Å². The maximum Gasteiger partial charge on any atom is 0.422 e. The first-order valence-electron chi connectivity index (χ1n) is 9.88. The third-order valence-corrected chi connectivity index (χ3v) is 4.58. The Hall–Kier alpha value is -3.43. The van der Waals surface area contributed by atoms with E-state index in [4.69, 9.17) is 9.47 Å². The van der Waals surface area contributed by atoms with Gasteiger partial charge in [-0.15, -0.1) is 0 Å². The van der Waals surface area contributed by atoms with Gasteiger partial charge in [-0.25, -0.2) is 4.79 Å². The topological polar surface area (TPSA) is 55.8 Å². The zero-order valence-electron chi connectivity index (χ0n) is 18.5. The molecule has 0 aliphatic heterocycles. The molecular weight excluding hydrogens is 466 g/mol. The van der Waals surface area contributed by atoms with Gasteiger partial charge in [-0.2, -0.15) is 26.3 Å². The van der Waals surface area contributed by atoms with Crippen LogP contribution in [0.5, 0.6) is 11.5 Å². The fourth-order valence-electron chi connectivity index (χ4n) is 2.91. The second kappa shape index (κ2) is 10.7. The molecule has 0 unspecified atom stereocenters. The van der Waals surface area contributed by atoms with Crippen molar-refractivity contribution in [3.8, 4) is 11.5 Å². The fraction of sp³-hybridized carbons (Fsp3) is 0.292. The van der Waals surface area contributed by atoms with E-state index in [0.29, 0.717) is 5.56 Å². The van der Waals surface area contributed by atoms with E-state index in [1.54, 1.807) is 19.9 Å². The molecule has 0 saturated carbocycles. The van der Waals surface area contributed by atoms with Crippen molar-refractivity contribution >= 4 is 18.1 Å². The summed E-state index contributed by atoms with van der Waals surface area (Å²) in [5.41, 5.74) is -0.132.